The van der Waals surface area contributed by atoms with E-state index in [0.717, 1.165) is 5.56 Å². The summed E-state index contributed by atoms with van der Waals surface area (Å²) in [6.07, 6.45) is 0.279. The third-order valence-electron chi connectivity index (χ3n) is 2.98. The number of halogens is 1. The Morgan fingerprint density at radius 3 is 2.58 bits per heavy atom. The highest BCUT2D eigenvalue weighted by Crippen LogP contribution is 2.19. The summed E-state index contributed by atoms with van der Waals surface area (Å²) in [6.45, 7) is 5.11. The third kappa shape index (κ3) is 4.05. The van der Waals surface area contributed by atoms with Gasteiger partial charge >= 0.3 is 5.97 Å². The molecular weight excluding hydrogens is 249 g/mol. The van der Waals surface area contributed by atoms with E-state index in [0.29, 0.717) is 0 Å². The highest BCUT2D eigenvalue weighted by molar-refractivity contribution is 5.94. The van der Waals surface area contributed by atoms with E-state index in [2.05, 4.69) is 5.32 Å². The Morgan fingerprint density at radius 1 is 1.37 bits per heavy atom. The molecular formula is C14H18FNO3. The molecule has 2 N–H and O–H groups in total. The van der Waals surface area contributed by atoms with Crippen LogP contribution in [0.4, 0.5) is 4.39 Å². The van der Waals surface area contributed by atoms with Crippen molar-refractivity contribution >= 4 is 11.9 Å². The molecule has 1 rings (SSSR count). The normalized spacial score (nSPS) is 11.2. The van der Waals surface area contributed by atoms with Crippen molar-refractivity contribution in [1.29, 1.82) is 0 Å². The Morgan fingerprint density at radius 2 is 2.00 bits per heavy atom. The van der Waals surface area contributed by atoms with Gasteiger partial charge in [-0.2, -0.15) is 0 Å². The molecule has 0 aliphatic carbocycles. The number of nitrogens with one attached hydrogen (secondary N) is 1. The lowest BCUT2D eigenvalue weighted by molar-refractivity contribution is -0.147. The minimum absolute atomic E-state index is 0.0202. The molecule has 1 aromatic rings. The number of carbonyl (C=O) groups is 2. The number of aliphatic carboxylic acids is 1. The summed E-state index contributed by atoms with van der Waals surface area (Å²) in [7, 11) is 0. The monoisotopic (exact) mass is 267 g/mol. The quantitative estimate of drug-likeness (QED) is 0.860. The first-order chi connectivity index (χ1) is 8.74. The average Bonchev–Trinajstić information content (AvgIpc) is 2.31. The van der Waals surface area contributed by atoms with Crippen LogP contribution in [0.25, 0.3) is 0 Å². The smallest absolute Gasteiger partial charge is 0.309 e. The molecule has 0 unspecified atom stereocenters. The molecule has 1 amide bonds. The van der Waals surface area contributed by atoms with Crippen molar-refractivity contribution in [2.75, 3.05) is 6.54 Å². The fourth-order valence-corrected chi connectivity index (χ4v) is 1.50. The molecule has 0 aliphatic heterocycles. The Labute approximate surface area is 111 Å². The van der Waals surface area contributed by atoms with E-state index in [9.17, 15) is 14.0 Å². The van der Waals surface area contributed by atoms with Crippen LogP contribution in [-0.2, 0) is 4.79 Å². The fourth-order valence-electron chi connectivity index (χ4n) is 1.50. The molecule has 4 nitrogen and oxygen atoms in total. The van der Waals surface area contributed by atoms with Crippen LogP contribution >= 0.6 is 0 Å². The number of amides is 1. The first-order valence-corrected chi connectivity index (χ1v) is 6.02. The van der Waals surface area contributed by atoms with E-state index in [1.54, 1.807) is 26.8 Å². The van der Waals surface area contributed by atoms with E-state index in [1.165, 1.54) is 12.1 Å². The van der Waals surface area contributed by atoms with Crippen molar-refractivity contribution < 1.29 is 19.1 Å². The zero-order chi connectivity index (χ0) is 14.6. The van der Waals surface area contributed by atoms with Crippen LogP contribution in [0, 0.1) is 18.2 Å². The van der Waals surface area contributed by atoms with Crippen LogP contribution in [-0.4, -0.2) is 23.5 Å². The summed E-state index contributed by atoms with van der Waals surface area (Å²) >= 11 is 0. The van der Waals surface area contributed by atoms with Crippen LogP contribution in [0.3, 0.4) is 0 Å². The second-order valence-corrected chi connectivity index (χ2v) is 5.18. The molecule has 0 atom stereocenters. The molecule has 0 heterocycles. The number of carboxylic acid groups (broad SMARTS) is 1. The summed E-state index contributed by atoms with van der Waals surface area (Å²) in [4.78, 5) is 22.7. The van der Waals surface area contributed by atoms with E-state index in [-0.39, 0.29) is 18.5 Å². The lowest BCUT2D eigenvalue weighted by atomic mass is 9.89. The number of rotatable bonds is 5. The van der Waals surface area contributed by atoms with Crippen LogP contribution < -0.4 is 5.32 Å². The number of benzene rings is 1. The molecule has 1 aromatic carbocycles. The highest BCUT2D eigenvalue weighted by atomic mass is 19.1. The van der Waals surface area contributed by atoms with Gasteiger partial charge in [-0.05, 0) is 39.3 Å². The van der Waals surface area contributed by atoms with Crippen molar-refractivity contribution in [3.05, 3.63) is 35.1 Å². The van der Waals surface area contributed by atoms with Crippen molar-refractivity contribution in [3.63, 3.8) is 0 Å². The summed E-state index contributed by atoms with van der Waals surface area (Å²) in [5, 5.41) is 11.5. The van der Waals surface area contributed by atoms with Gasteiger partial charge in [0.25, 0.3) is 5.91 Å². The molecule has 0 bridgehead atoms. The van der Waals surface area contributed by atoms with Gasteiger partial charge in [0.15, 0.2) is 0 Å². The Bertz CT molecular complexity index is 497. The van der Waals surface area contributed by atoms with Crippen LogP contribution in [0.2, 0.25) is 0 Å². The lowest BCUT2D eigenvalue weighted by Crippen LogP contribution is -2.32. The minimum atomic E-state index is -0.927. The minimum Gasteiger partial charge on any atom is -0.481 e. The maximum atomic E-state index is 13.5. The molecule has 0 aromatic heterocycles. The topological polar surface area (TPSA) is 66.4 Å². The predicted octanol–water partition coefficient (Wildman–Crippen LogP) is 2.36. The van der Waals surface area contributed by atoms with Gasteiger partial charge in [0.1, 0.15) is 5.82 Å². The SMILES string of the molecule is Cc1ccc(F)c(C(=O)NCCC(C)(C)C(=O)O)c1. The van der Waals surface area contributed by atoms with Gasteiger partial charge in [-0.3, -0.25) is 9.59 Å². The van der Waals surface area contributed by atoms with Gasteiger partial charge in [-0.25, -0.2) is 4.39 Å². The first-order valence-electron chi connectivity index (χ1n) is 6.02. The van der Waals surface area contributed by atoms with E-state index in [4.69, 9.17) is 5.11 Å². The Kier molecular flexibility index (Phi) is 4.64. The highest BCUT2D eigenvalue weighted by Gasteiger charge is 2.26. The second kappa shape index (κ2) is 5.82. The molecule has 0 radical (unpaired) electrons. The van der Waals surface area contributed by atoms with Gasteiger partial charge < -0.3 is 10.4 Å². The van der Waals surface area contributed by atoms with Crippen molar-refractivity contribution in [1.82, 2.24) is 5.32 Å². The summed E-state index contributed by atoms with van der Waals surface area (Å²) in [6, 6.07) is 4.29. The fraction of sp³-hybridized carbons (Fsp3) is 0.429. The number of aryl methyl sites for hydroxylation is 1. The standard InChI is InChI=1S/C14H18FNO3/c1-9-4-5-11(15)10(8-9)12(17)16-7-6-14(2,3)13(18)19/h4-5,8H,6-7H2,1-3H3,(H,16,17)(H,18,19). The van der Waals surface area contributed by atoms with E-state index >= 15 is 0 Å². The van der Waals surface area contributed by atoms with E-state index in [1.807, 2.05) is 0 Å². The molecule has 104 valence electrons. The average molecular weight is 267 g/mol. The maximum absolute atomic E-state index is 13.5. The van der Waals surface area contributed by atoms with Crippen LogP contribution in [0.1, 0.15) is 36.2 Å². The summed E-state index contributed by atoms with van der Waals surface area (Å²) in [5.41, 5.74) is -0.149. The van der Waals surface area contributed by atoms with Gasteiger partial charge in [-0.15, -0.1) is 0 Å². The van der Waals surface area contributed by atoms with E-state index < -0.39 is 23.1 Å². The summed E-state index contributed by atoms with van der Waals surface area (Å²) in [5.74, 6) is -2.04. The van der Waals surface area contributed by atoms with Gasteiger partial charge in [0.2, 0.25) is 0 Å². The number of hydrogen-bond donors (Lipinski definition) is 2. The van der Waals surface area contributed by atoms with Crippen molar-refractivity contribution in [3.8, 4) is 0 Å². The van der Waals surface area contributed by atoms with Crippen molar-refractivity contribution in [2.45, 2.75) is 27.2 Å². The summed E-state index contributed by atoms with van der Waals surface area (Å²) < 4.78 is 13.5. The Balaban J connectivity index is 2.62. The van der Waals surface area contributed by atoms with Crippen LogP contribution in [0.5, 0.6) is 0 Å². The predicted molar refractivity (Wildman–Crippen MR) is 69.5 cm³/mol. The molecule has 0 aliphatic rings. The molecule has 0 saturated carbocycles. The van der Waals surface area contributed by atoms with Gasteiger partial charge in [0, 0.05) is 6.54 Å². The van der Waals surface area contributed by atoms with Gasteiger partial charge in [0.05, 0.1) is 11.0 Å². The van der Waals surface area contributed by atoms with Gasteiger partial charge in [-0.1, -0.05) is 11.6 Å². The molecule has 0 saturated heterocycles. The maximum Gasteiger partial charge on any atom is 0.309 e. The second-order valence-electron chi connectivity index (χ2n) is 5.18. The van der Waals surface area contributed by atoms with Crippen LogP contribution in [0.15, 0.2) is 18.2 Å². The van der Waals surface area contributed by atoms with Crippen molar-refractivity contribution in [2.24, 2.45) is 5.41 Å². The third-order valence-corrected chi connectivity index (χ3v) is 2.98. The number of hydrogen-bond acceptors (Lipinski definition) is 2. The zero-order valence-electron chi connectivity index (χ0n) is 11.3. The molecule has 5 heteroatoms. The molecule has 0 spiro atoms. The Hall–Kier alpha value is -1.91. The first kappa shape index (κ1) is 15.1. The lowest BCUT2D eigenvalue weighted by Gasteiger charge is -2.19. The number of carboxylic acids is 1. The largest absolute Gasteiger partial charge is 0.481 e. The number of carbonyl (C=O) groups excluding carboxylic acids is 1. The zero-order valence-corrected chi connectivity index (χ0v) is 11.3. The molecule has 19 heavy (non-hydrogen) atoms. The molecule has 0 fully saturated rings.